The van der Waals surface area contributed by atoms with Crippen LogP contribution in [-0.2, 0) is 19.5 Å². The van der Waals surface area contributed by atoms with E-state index in [1.54, 1.807) is 0 Å². The highest BCUT2D eigenvalue weighted by Gasteiger charge is 2.24. The van der Waals surface area contributed by atoms with Crippen molar-refractivity contribution in [3.63, 3.8) is 0 Å². The van der Waals surface area contributed by atoms with Gasteiger partial charge in [0.15, 0.2) is 0 Å². The molecule has 0 bridgehead atoms. The third kappa shape index (κ3) is 3.63. The van der Waals surface area contributed by atoms with Crippen molar-refractivity contribution in [1.82, 2.24) is 14.7 Å². The third-order valence-electron chi connectivity index (χ3n) is 5.74. The summed E-state index contributed by atoms with van der Waals surface area (Å²) >= 11 is 0. The van der Waals surface area contributed by atoms with Crippen LogP contribution in [0.4, 0.5) is 4.39 Å². The monoisotopic (exact) mass is 385 g/mol. The van der Waals surface area contributed by atoms with E-state index in [9.17, 15) is 4.39 Å². The Morgan fingerprint density at radius 1 is 0.966 bits per heavy atom. The summed E-state index contributed by atoms with van der Waals surface area (Å²) in [4.78, 5) is 2.31. The fourth-order valence-electron chi connectivity index (χ4n) is 4.25. The summed E-state index contributed by atoms with van der Waals surface area (Å²) < 4.78 is 15.6. The number of aromatic nitrogens is 2. The molecule has 0 fully saturated rings. The first-order valence-corrected chi connectivity index (χ1v) is 10.3. The lowest BCUT2D eigenvalue weighted by atomic mass is 9.94. The largest absolute Gasteiger partial charge is 0.369 e. The number of hydrogen-bond donors (Lipinski definition) is 0. The quantitative estimate of drug-likeness (QED) is 0.596. The SMILES string of the molecule is Fc1ccc(-c2nn3c(c2C2=CCN(Cc4ccccc4)C=C2)CCCC3)cc1. The highest BCUT2D eigenvalue weighted by atomic mass is 19.1. The van der Waals surface area contributed by atoms with E-state index < -0.39 is 0 Å². The molecule has 0 saturated carbocycles. The summed E-state index contributed by atoms with van der Waals surface area (Å²) in [5, 5.41) is 4.92. The van der Waals surface area contributed by atoms with Gasteiger partial charge in [0.1, 0.15) is 11.5 Å². The van der Waals surface area contributed by atoms with Crippen molar-refractivity contribution in [2.24, 2.45) is 0 Å². The van der Waals surface area contributed by atoms with Crippen molar-refractivity contribution < 1.29 is 4.39 Å². The predicted molar refractivity (Wildman–Crippen MR) is 115 cm³/mol. The molecule has 2 aliphatic rings. The third-order valence-corrected chi connectivity index (χ3v) is 5.74. The summed E-state index contributed by atoms with van der Waals surface area (Å²) in [6.07, 6.45) is 10.1. The van der Waals surface area contributed by atoms with Crippen LogP contribution in [-0.4, -0.2) is 21.2 Å². The molecule has 2 aliphatic heterocycles. The number of nitrogens with zero attached hydrogens (tertiary/aromatic N) is 3. The Hall–Kier alpha value is -3.14. The average molecular weight is 385 g/mol. The number of rotatable bonds is 4. The van der Waals surface area contributed by atoms with Crippen LogP contribution in [0.5, 0.6) is 0 Å². The number of allylic oxidation sites excluding steroid dienone is 2. The lowest BCUT2D eigenvalue weighted by Gasteiger charge is -2.23. The maximum absolute atomic E-state index is 13.5. The van der Waals surface area contributed by atoms with Gasteiger partial charge >= 0.3 is 0 Å². The summed E-state index contributed by atoms with van der Waals surface area (Å²) in [6, 6.07) is 17.2. The van der Waals surface area contributed by atoms with Crippen LogP contribution in [0.25, 0.3) is 16.8 Å². The first-order chi connectivity index (χ1) is 14.3. The molecule has 0 radical (unpaired) electrons. The first kappa shape index (κ1) is 17.9. The van der Waals surface area contributed by atoms with E-state index in [1.807, 2.05) is 18.2 Å². The molecule has 0 aliphatic carbocycles. The minimum atomic E-state index is -0.215. The van der Waals surface area contributed by atoms with E-state index in [0.717, 1.165) is 43.7 Å². The number of halogens is 1. The van der Waals surface area contributed by atoms with Crippen molar-refractivity contribution in [3.05, 3.63) is 95.6 Å². The van der Waals surface area contributed by atoms with Gasteiger partial charge in [0.25, 0.3) is 0 Å². The zero-order valence-electron chi connectivity index (χ0n) is 16.4. The van der Waals surface area contributed by atoms with Gasteiger partial charge in [0.05, 0.1) is 0 Å². The van der Waals surface area contributed by atoms with Gasteiger partial charge in [0, 0.05) is 42.7 Å². The summed E-state index contributed by atoms with van der Waals surface area (Å²) in [7, 11) is 0. The molecule has 3 nitrogen and oxygen atoms in total. The zero-order valence-corrected chi connectivity index (χ0v) is 16.4. The van der Waals surface area contributed by atoms with Crippen molar-refractivity contribution in [2.45, 2.75) is 32.4 Å². The number of benzene rings is 2. The summed E-state index contributed by atoms with van der Waals surface area (Å²) in [5.74, 6) is -0.215. The fraction of sp³-hybridized carbons (Fsp3) is 0.240. The number of hydrogen-bond acceptors (Lipinski definition) is 2. The Kier molecular flexibility index (Phi) is 4.76. The van der Waals surface area contributed by atoms with E-state index in [-0.39, 0.29) is 5.82 Å². The van der Waals surface area contributed by atoms with Crippen LogP contribution in [0.2, 0.25) is 0 Å². The molecule has 29 heavy (non-hydrogen) atoms. The Morgan fingerprint density at radius 2 is 1.79 bits per heavy atom. The predicted octanol–water partition coefficient (Wildman–Crippen LogP) is 5.44. The molecule has 0 N–H and O–H groups in total. The Morgan fingerprint density at radius 3 is 2.55 bits per heavy atom. The first-order valence-electron chi connectivity index (χ1n) is 10.3. The average Bonchev–Trinajstić information content (AvgIpc) is 3.15. The lowest BCUT2D eigenvalue weighted by molar-refractivity contribution is 0.406. The number of aryl methyl sites for hydroxylation is 1. The van der Waals surface area contributed by atoms with Crippen LogP contribution in [0.1, 0.15) is 29.7 Å². The van der Waals surface area contributed by atoms with Crippen LogP contribution in [0.3, 0.4) is 0 Å². The van der Waals surface area contributed by atoms with Gasteiger partial charge < -0.3 is 4.90 Å². The second-order valence-corrected chi connectivity index (χ2v) is 7.75. The molecule has 3 heterocycles. The molecule has 1 aromatic heterocycles. The van der Waals surface area contributed by atoms with Crippen LogP contribution in [0.15, 0.2) is 72.9 Å². The maximum atomic E-state index is 13.5. The van der Waals surface area contributed by atoms with E-state index in [4.69, 9.17) is 5.10 Å². The van der Waals surface area contributed by atoms with Gasteiger partial charge in [-0.3, -0.25) is 4.68 Å². The second-order valence-electron chi connectivity index (χ2n) is 7.75. The van der Waals surface area contributed by atoms with Gasteiger partial charge in [-0.2, -0.15) is 5.10 Å². The Labute approximate surface area is 170 Å². The van der Waals surface area contributed by atoms with Crippen molar-refractivity contribution >= 4 is 5.57 Å². The van der Waals surface area contributed by atoms with Gasteiger partial charge in [0.2, 0.25) is 0 Å². The molecular formula is C25H24FN3. The smallest absolute Gasteiger partial charge is 0.123 e. The molecule has 146 valence electrons. The highest BCUT2D eigenvalue weighted by molar-refractivity contribution is 5.85. The highest BCUT2D eigenvalue weighted by Crippen LogP contribution is 2.35. The molecule has 0 saturated heterocycles. The maximum Gasteiger partial charge on any atom is 0.123 e. The molecule has 0 atom stereocenters. The molecule has 5 rings (SSSR count). The standard InChI is InChI=1S/C25H24FN3/c26-22-11-9-21(10-12-22)25-24(23-8-4-5-15-29(23)27-25)20-13-16-28(17-14-20)18-19-6-2-1-3-7-19/h1-3,6-7,9-14,16H,4-5,8,15,17-18H2. The van der Waals surface area contributed by atoms with Crippen molar-refractivity contribution in [2.75, 3.05) is 6.54 Å². The van der Waals surface area contributed by atoms with Gasteiger partial charge in [-0.1, -0.05) is 36.4 Å². The molecule has 0 unspecified atom stereocenters. The molecule has 0 spiro atoms. The van der Waals surface area contributed by atoms with Crippen LogP contribution < -0.4 is 0 Å². The lowest BCUT2D eigenvalue weighted by Crippen LogP contribution is -2.19. The summed E-state index contributed by atoms with van der Waals surface area (Å²) in [5.41, 5.74) is 6.99. The normalized spacial score (nSPS) is 15.9. The van der Waals surface area contributed by atoms with Gasteiger partial charge in [-0.25, -0.2) is 4.39 Å². The minimum Gasteiger partial charge on any atom is -0.369 e. The van der Waals surface area contributed by atoms with Crippen molar-refractivity contribution in [3.8, 4) is 11.3 Å². The topological polar surface area (TPSA) is 21.1 Å². The van der Waals surface area contributed by atoms with E-state index >= 15 is 0 Å². The molecule has 4 heteroatoms. The van der Waals surface area contributed by atoms with E-state index in [0.29, 0.717) is 0 Å². The second kappa shape index (κ2) is 7.70. The molecule has 3 aromatic rings. The minimum absolute atomic E-state index is 0.215. The number of fused-ring (bicyclic) bond motifs is 1. The van der Waals surface area contributed by atoms with Crippen LogP contribution in [0, 0.1) is 5.82 Å². The van der Waals surface area contributed by atoms with E-state index in [2.05, 4.69) is 52.2 Å². The Balaban J connectivity index is 1.47. The van der Waals surface area contributed by atoms with Gasteiger partial charge in [-0.15, -0.1) is 0 Å². The Bertz CT molecular complexity index is 1060. The fourth-order valence-corrected chi connectivity index (χ4v) is 4.25. The molecule has 2 aromatic carbocycles. The molecule has 0 amide bonds. The summed E-state index contributed by atoms with van der Waals surface area (Å²) in [6.45, 7) is 2.73. The van der Waals surface area contributed by atoms with Crippen molar-refractivity contribution in [1.29, 1.82) is 0 Å². The van der Waals surface area contributed by atoms with Crippen LogP contribution >= 0.6 is 0 Å². The zero-order chi connectivity index (χ0) is 19.6. The van der Waals surface area contributed by atoms with E-state index in [1.165, 1.54) is 40.9 Å². The molecular weight excluding hydrogens is 361 g/mol. The van der Waals surface area contributed by atoms with Gasteiger partial charge in [-0.05, 0) is 60.7 Å².